The molecule has 0 aliphatic carbocycles. The first-order valence-electron chi connectivity index (χ1n) is 8.10. The minimum atomic E-state index is -0.241. The van der Waals surface area contributed by atoms with E-state index in [-0.39, 0.29) is 5.91 Å². The summed E-state index contributed by atoms with van der Waals surface area (Å²) in [6.45, 7) is 1.94. The van der Waals surface area contributed by atoms with E-state index in [2.05, 4.69) is 15.5 Å². The van der Waals surface area contributed by atoms with Gasteiger partial charge in [-0.25, -0.2) is 0 Å². The van der Waals surface area contributed by atoms with Gasteiger partial charge in [0, 0.05) is 41.4 Å². The van der Waals surface area contributed by atoms with Gasteiger partial charge in [-0.05, 0) is 12.1 Å². The molecule has 1 amide bonds. The van der Waals surface area contributed by atoms with Gasteiger partial charge in [0.1, 0.15) is 11.5 Å². The van der Waals surface area contributed by atoms with Crippen molar-refractivity contribution in [3.05, 3.63) is 53.9 Å². The van der Waals surface area contributed by atoms with Gasteiger partial charge in [-0.3, -0.25) is 4.79 Å². The number of hydrogen-bond acceptors (Lipinski definition) is 6. The van der Waals surface area contributed by atoms with Crippen molar-refractivity contribution in [2.45, 2.75) is 13.3 Å². The zero-order chi connectivity index (χ0) is 18.5. The van der Waals surface area contributed by atoms with E-state index < -0.39 is 0 Å². The van der Waals surface area contributed by atoms with Crippen LogP contribution in [0.5, 0.6) is 11.5 Å². The number of carbonyl (C=O) groups is 1. The highest BCUT2D eigenvalue weighted by Gasteiger charge is 2.11. The fourth-order valence-electron chi connectivity index (χ4n) is 2.37. The van der Waals surface area contributed by atoms with Gasteiger partial charge in [-0.2, -0.15) is 4.98 Å². The standard InChI is InChI=1S/C19H19N3O4/c1-4-17-21-18(22-26-17)12-5-7-13(8-6-12)19(23)20-14-9-15(24-2)11-16(10-14)25-3/h5-11H,4H2,1-3H3,(H,20,23). The molecule has 0 saturated carbocycles. The zero-order valence-electron chi connectivity index (χ0n) is 14.8. The highest BCUT2D eigenvalue weighted by molar-refractivity contribution is 6.04. The molecule has 7 nitrogen and oxygen atoms in total. The minimum Gasteiger partial charge on any atom is -0.497 e. The molecule has 1 N–H and O–H groups in total. The number of benzene rings is 2. The Balaban J connectivity index is 1.76. The molecule has 0 bridgehead atoms. The summed E-state index contributed by atoms with van der Waals surface area (Å²) in [4.78, 5) is 16.7. The largest absolute Gasteiger partial charge is 0.497 e. The fourth-order valence-corrected chi connectivity index (χ4v) is 2.37. The number of hydrogen-bond donors (Lipinski definition) is 1. The van der Waals surface area contributed by atoms with E-state index in [0.29, 0.717) is 40.9 Å². The molecule has 26 heavy (non-hydrogen) atoms. The van der Waals surface area contributed by atoms with Crippen LogP contribution in [0.2, 0.25) is 0 Å². The van der Waals surface area contributed by atoms with Crippen molar-refractivity contribution in [2.24, 2.45) is 0 Å². The normalized spacial score (nSPS) is 10.4. The Morgan fingerprint density at radius 2 is 1.73 bits per heavy atom. The van der Waals surface area contributed by atoms with Crippen LogP contribution in [0.4, 0.5) is 5.69 Å². The van der Waals surface area contributed by atoms with Gasteiger partial charge in [0.2, 0.25) is 11.7 Å². The molecule has 0 radical (unpaired) electrons. The van der Waals surface area contributed by atoms with Crippen molar-refractivity contribution in [1.29, 1.82) is 0 Å². The lowest BCUT2D eigenvalue weighted by atomic mass is 10.1. The van der Waals surface area contributed by atoms with Crippen molar-refractivity contribution in [3.8, 4) is 22.9 Å². The topological polar surface area (TPSA) is 86.5 Å². The number of aromatic nitrogens is 2. The molecule has 1 aromatic heterocycles. The van der Waals surface area contributed by atoms with Crippen LogP contribution in [-0.2, 0) is 6.42 Å². The van der Waals surface area contributed by atoms with E-state index >= 15 is 0 Å². The summed E-state index contributed by atoms with van der Waals surface area (Å²) in [5, 5.41) is 6.75. The monoisotopic (exact) mass is 353 g/mol. The first-order chi connectivity index (χ1) is 12.6. The molecule has 0 atom stereocenters. The smallest absolute Gasteiger partial charge is 0.255 e. The molecular weight excluding hydrogens is 334 g/mol. The molecule has 0 fully saturated rings. The van der Waals surface area contributed by atoms with E-state index in [1.165, 1.54) is 0 Å². The first-order valence-corrected chi connectivity index (χ1v) is 8.10. The van der Waals surface area contributed by atoms with E-state index in [1.807, 2.05) is 6.92 Å². The quantitative estimate of drug-likeness (QED) is 0.729. The van der Waals surface area contributed by atoms with Gasteiger partial charge in [0.15, 0.2) is 0 Å². The van der Waals surface area contributed by atoms with E-state index in [0.717, 1.165) is 5.56 Å². The lowest BCUT2D eigenvalue weighted by Crippen LogP contribution is -2.12. The van der Waals surface area contributed by atoms with Crippen LogP contribution in [0.1, 0.15) is 23.2 Å². The predicted octanol–water partition coefficient (Wildman–Crippen LogP) is 3.57. The molecule has 134 valence electrons. The maximum Gasteiger partial charge on any atom is 0.255 e. The number of anilines is 1. The molecule has 0 unspecified atom stereocenters. The highest BCUT2D eigenvalue weighted by Crippen LogP contribution is 2.26. The van der Waals surface area contributed by atoms with Gasteiger partial charge in [0.05, 0.1) is 14.2 Å². The van der Waals surface area contributed by atoms with Crippen LogP contribution in [-0.4, -0.2) is 30.3 Å². The lowest BCUT2D eigenvalue weighted by molar-refractivity contribution is 0.102. The van der Waals surface area contributed by atoms with Gasteiger partial charge >= 0.3 is 0 Å². The zero-order valence-corrected chi connectivity index (χ0v) is 14.8. The summed E-state index contributed by atoms with van der Waals surface area (Å²) in [5.41, 5.74) is 1.88. The molecule has 7 heteroatoms. The van der Waals surface area contributed by atoms with Gasteiger partial charge in [-0.15, -0.1) is 0 Å². The van der Waals surface area contributed by atoms with E-state index in [1.54, 1.807) is 56.7 Å². The van der Waals surface area contributed by atoms with Crippen molar-refractivity contribution in [1.82, 2.24) is 10.1 Å². The molecule has 1 heterocycles. The second-order valence-corrected chi connectivity index (χ2v) is 5.50. The highest BCUT2D eigenvalue weighted by atomic mass is 16.5. The molecular formula is C19H19N3O4. The fraction of sp³-hybridized carbons (Fsp3) is 0.211. The number of ether oxygens (including phenoxy) is 2. The van der Waals surface area contributed by atoms with E-state index in [4.69, 9.17) is 14.0 Å². The molecule has 0 aliphatic rings. The summed E-state index contributed by atoms with van der Waals surface area (Å²) in [6.07, 6.45) is 0.678. The second kappa shape index (κ2) is 7.69. The van der Waals surface area contributed by atoms with Crippen LogP contribution in [0.3, 0.4) is 0 Å². The molecule has 0 spiro atoms. The third-order valence-electron chi connectivity index (χ3n) is 3.79. The molecule has 3 rings (SSSR count). The van der Waals surface area contributed by atoms with E-state index in [9.17, 15) is 4.79 Å². The average molecular weight is 353 g/mol. The number of nitrogens with zero attached hydrogens (tertiary/aromatic N) is 2. The third-order valence-corrected chi connectivity index (χ3v) is 3.79. The summed E-state index contributed by atoms with van der Waals surface area (Å²) in [5.74, 6) is 2.03. The summed E-state index contributed by atoms with van der Waals surface area (Å²) < 4.78 is 15.5. The number of aryl methyl sites for hydroxylation is 1. The maximum atomic E-state index is 12.5. The summed E-state index contributed by atoms with van der Waals surface area (Å²) in [7, 11) is 3.11. The third kappa shape index (κ3) is 3.83. The molecule has 3 aromatic rings. The number of amides is 1. The van der Waals surface area contributed by atoms with Crippen molar-refractivity contribution in [2.75, 3.05) is 19.5 Å². The van der Waals surface area contributed by atoms with Crippen molar-refractivity contribution >= 4 is 11.6 Å². The van der Waals surface area contributed by atoms with Crippen molar-refractivity contribution < 1.29 is 18.8 Å². The van der Waals surface area contributed by atoms with Gasteiger partial charge < -0.3 is 19.3 Å². The Hall–Kier alpha value is -3.35. The van der Waals surface area contributed by atoms with Crippen LogP contribution < -0.4 is 14.8 Å². The van der Waals surface area contributed by atoms with Crippen LogP contribution in [0.25, 0.3) is 11.4 Å². The number of methoxy groups -OCH3 is 2. The Bertz CT molecular complexity index is 881. The Morgan fingerprint density at radius 3 is 2.27 bits per heavy atom. The Kier molecular flexibility index (Phi) is 5.17. The Morgan fingerprint density at radius 1 is 1.08 bits per heavy atom. The molecule has 0 aliphatic heterocycles. The van der Waals surface area contributed by atoms with Gasteiger partial charge in [0.25, 0.3) is 5.91 Å². The molecule has 0 saturated heterocycles. The van der Waals surface area contributed by atoms with Crippen LogP contribution in [0.15, 0.2) is 47.0 Å². The summed E-state index contributed by atoms with van der Waals surface area (Å²) in [6, 6.07) is 12.2. The lowest BCUT2D eigenvalue weighted by Gasteiger charge is -2.10. The maximum absolute atomic E-state index is 12.5. The number of nitrogens with one attached hydrogen (secondary N) is 1. The number of carbonyl (C=O) groups excluding carboxylic acids is 1. The SMILES string of the molecule is CCc1nc(-c2ccc(C(=O)Nc3cc(OC)cc(OC)c3)cc2)no1. The van der Waals surface area contributed by atoms with Crippen LogP contribution >= 0.6 is 0 Å². The second-order valence-electron chi connectivity index (χ2n) is 5.50. The molecule has 2 aromatic carbocycles. The predicted molar refractivity (Wildman–Crippen MR) is 96.6 cm³/mol. The van der Waals surface area contributed by atoms with Crippen LogP contribution in [0, 0.1) is 0 Å². The number of rotatable bonds is 6. The average Bonchev–Trinajstić information content (AvgIpc) is 3.17. The van der Waals surface area contributed by atoms with Crippen molar-refractivity contribution in [3.63, 3.8) is 0 Å². The Labute approximate surface area is 150 Å². The first kappa shape index (κ1) is 17.5. The minimum absolute atomic E-state index is 0.241. The van der Waals surface area contributed by atoms with Gasteiger partial charge in [-0.1, -0.05) is 24.2 Å². The summed E-state index contributed by atoms with van der Waals surface area (Å²) >= 11 is 0.